The Morgan fingerprint density at radius 3 is 2.73 bits per heavy atom. The fraction of sp³-hybridized carbons (Fsp3) is 0.333. The molecule has 0 heterocycles. The van der Waals surface area contributed by atoms with Gasteiger partial charge < -0.3 is 10.6 Å². The van der Waals surface area contributed by atoms with E-state index in [1.54, 1.807) is 0 Å². The van der Waals surface area contributed by atoms with Crippen LogP contribution in [0, 0.1) is 0 Å². The van der Waals surface area contributed by atoms with Gasteiger partial charge in [-0.05, 0) is 40.5 Å². The molecule has 15 heavy (non-hydrogen) atoms. The Hall–Kier alpha value is -0.800. The van der Waals surface area contributed by atoms with Gasteiger partial charge in [-0.2, -0.15) is 0 Å². The molecule has 0 aliphatic carbocycles. The number of likely N-dealkylation sites (N-methyl/N-ethyl adjacent to an activating group) is 1. The number of hydrogen-bond acceptors (Lipinski definition) is 2. The zero-order valence-corrected chi connectivity index (χ0v) is 10.8. The minimum atomic E-state index is 0.0695. The molecule has 2 N–H and O–H groups in total. The van der Waals surface area contributed by atoms with Crippen molar-refractivity contribution in [3.8, 4) is 0 Å². The number of nitrogens with zero attached hydrogens (tertiary/aromatic N) is 1. The highest BCUT2D eigenvalue weighted by molar-refractivity contribution is 9.10. The van der Waals surface area contributed by atoms with E-state index in [2.05, 4.69) is 45.6 Å². The minimum absolute atomic E-state index is 0.0695. The van der Waals surface area contributed by atoms with Gasteiger partial charge in [0.05, 0.1) is 5.69 Å². The summed E-state index contributed by atoms with van der Waals surface area (Å²) in [6.45, 7) is 6.54. The van der Waals surface area contributed by atoms with Crippen molar-refractivity contribution in [3.63, 3.8) is 0 Å². The monoisotopic (exact) mass is 268 g/mol. The summed E-state index contributed by atoms with van der Waals surface area (Å²) in [5.74, 6) is 0. The van der Waals surface area contributed by atoms with E-state index in [1.165, 1.54) is 0 Å². The maximum absolute atomic E-state index is 5.82. The predicted molar refractivity (Wildman–Crippen MR) is 70.2 cm³/mol. The van der Waals surface area contributed by atoms with E-state index in [-0.39, 0.29) is 6.04 Å². The summed E-state index contributed by atoms with van der Waals surface area (Å²) in [7, 11) is 2.04. The highest BCUT2D eigenvalue weighted by atomic mass is 79.9. The van der Waals surface area contributed by atoms with Crippen molar-refractivity contribution >= 4 is 21.6 Å². The number of halogens is 1. The SMILES string of the molecule is C=CCN(C)c1ccc([C@@H](C)N)cc1Br. The molecule has 82 valence electrons. The summed E-state index contributed by atoms with van der Waals surface area (Å²) < 4.78 is 1.07. The second-order valence-electron chi connectivity index (χ2n) is 3.67. The van der Waals surface area contributed by atoms with Crippen molar-refractivity contribution in [2.75, 3.05) is 18.5 Å². The van der Waals surface area contributed by atoms with Crippen molar-refractivity contribution in [2.45, 2.75) is 13.0 Å². The van der Waals surface area contributed by atoms with Crippen LogP contribution in [0.2, 0.25) is 0 Å². The van der Waals surface area contributed by atoms with Gasteiger partial charge in [0.15, 0.2) is 0 Å². The van der Waals surface area contributed by atoms with Gasteiger partial charge in [-0.1, -0.05) is 12.1 Å². The summed E-state index contributed by atoms with van der Waals surface area (Å²) in [5, 5.41) is 0. The van der Waals surface area contributed by atoms with Crippen molar-refractivity contribution in [2.24, 2.45) is 5.73 Å². The van der Waals surface area contributed by atoms with Crippen molar-refractivity contribution in [1.82, 2.24) is 0 Å². The quantitative estimate of drug-likeness (QED) is 0.851. The first-order valence-electron chi connectivity index (χ1n) is 4.93. The van der Waals surface area contributed by atoms with E-state index in [0.29, 0.717) is 0 Å². The van der Waals surface area contributed by atoms with Crippen LogP contribution in [0.4, 0.5) is 5.69 Å². The molecule has 1 aromatic rings. The number of anilines is 1. The number of nitrogens with two attached hydrogens (primary N) is 1. The summed E-state index contributed by atoms with van der Waals surface area (Å²) in [6, 6.07) is 6.27. The van der Waals surface area contributed by atoms with Gasteiger partial charge >= 0.3 is 0 Å². The molecule has 0 bridgehead atoms. The van der Waals surface area contributed by atoms with E-state index in [1.807, 2.05) is 20.0 Å². The molecule has 2 nitrogen and oxygen atoms in total. The Bertz CT molecular complexity index is 347. The van der Waals surface area contributed by atoms with E-state index in [9.17, 15) is 0 Å². The first-order chi connectivity index (χ1) is 7.06. The largest absolute Gasteiger partial charge is 0.370 e. The van der Waals surface area contributed by atoms with Gasteiger partial charge in [-0.25, -0.2) is 0 Å². The molecule has 0 aliphatic rings. The predicted octanol–water partition coefficient (Wildman–Crippen LogP) is 3.09. The topological polar surface area (TPSA) is 29.3 Å². The number of rotatable bonds is 4. The Morgan fingerprint density at radius 1 is 1.60 bits per heavy atom. The van der Waals surface area contributed by atoms with Gasteiger partial charge in [0.1, 0.15) is 0 Å². The summed E-state index contributed by atoms with van der Waals surface area (Å²) in [5.41, 5.74) is 8.11. The molecular weight excluding hydrogens is 252 g/mol. The highest BCUT2D eigenvalue weighted by Crippen LogP contribution is 2.28. The van der Waals surface area contributed by atoms with Crippen molar-refractivity contribution in [3.05, 3.63) is 40.9 Å². The molecule has 0 saturated heterocycles. The maximum Gasteiger partial charge on any atom is 0.0511 e. The maximum atomic E-state index is 5.82. The smallest absolute Gasteiger partial charge is 0.0511 e. The molecular formula is C12H17BrN2. The van der Waals surface area contributed by atoms with Gasteiger partial charge in [-0.15, -0.1) is 6.58 Å². The molecule has 0 spiro atoms. The Kier molecular flexibility index (Phi) is 4.36. The van der Waals surface area contributed by atoms with Crippen LogP contribution < -0.4 is 10.6 Å². The van der Waals surface area contributed by atoms with Crippen LogP contribution in [-0.4, -0.2) is 13.6 Å². The van der Waals surface area contributed by atoms with E-state index < -0.39 is 0 Å². The lowest BCUT2D eigenvalue weighted by atomic mass is 10.1. The van der Waals surface area contributed by atoms with Crippen LogP contribution in [0.25, 0.3) is 0 Å². The summed E-state index contributed by atoms with van der Waals surface area (Å²) in [6.07, 6.45) is 1.88. The molecule has 0 saturated carbocycles. The second kappa shape index (κ2) is 5.33. The molecule has 1 aromatic carbocycles. The van der Waals surface area contributed by atoms with Gasteiger partial charge in [0, 0.05) is 24.1 Å². The molecule has 0 amide bonds. The molecule has 1 rings (SSSR count). The Balaban J connectivity index is 2.97. The molecule has 0 aliphatic heterocycles. The summed E-state index contributed by atoms with van der Waals surface area (Å²) in [4.78, 5) is 2.13. The first kappa shape index (κ1) is 12.3. The lowest BCUT2D eigenvalue weighted by Crippen LogP contribution is -2.17. The third-order valence-corrected chi connectivity index (χ3v) is 2.95. The minimum Gasteiger partial charge on any atom is -0.370 e. The first-order valence-corrected chi connectivity index (χ1v) is 5.72. The van der Waals surface area contributed by atoms with Crippen LogP contribution in [-0.2, 0) is 0 Å². The van der Waals surface area contributed by atoms with Crippen molar-refractivity contribution < 1.29 is 0 Å². The van der Waals surface area contributed by atoms with Crippen LogP contribution in [0.5, 0.6) is 0 Å². The highest BCUT2D eigenvalue weighted by Gasteiger charge is 2.07. The van der Waals surface area contributed by atoms with Gasteiger partial charge in [-0.3, -0.25) is 0 Å². The fourth-order valence-electron chi connectivity index (χ4n) is 1.41. The molecule has 0 fully saturated rings. The molecule has 3 heteroatoms. The van der Waals surface area contributed by atoms with E-state index in [0.717, 1.165) is 22.3 Å². The normalized spacial score (nSPS) is 12.3. The summed E-state index contributed by atoms with van der Waals surface area (Å²) >= 11 is 3.55. The fourth-order valence-corrected chi connectivity index (χ4v) is 2.11. The van der Waals surface area contributed by atoms with Gasteiger partial charge in [0.25, 0.3) is 0 Å². The molecule has 1 atom stereocenters. The Labute approximate surface area is 99.9 Å². The third-order valence-electron chi connectivity index (χ3n) is 2.31. The van der Waals surface area contributed by atoms with Crippen LogP contribution >= 0.6 is 15.9 Å². The molecule has 0 radical (unpaired) electrons. The zero-order valence-electron chi connectivity index (χ0n) is 9.20. The van der Waals surface area contributed by atoms with Crippen molar-refractivity contribution in [1.29, 1.82) is 0 Å². The lowest BCUT2D eigenvalue weighted by molar-refractivity contribution is 0.817. The second-order valence-corrected chi connectivity index (χ2v) is 4.52. The molecule has 0 unspecified atom stereocenters. The number of hydrogen-bond donors (Lipinski definition) is 1. The van der Waals surface area contributed by atoms with Crippen LogP contribution in [0.15, 0.2) is 35.3 Å². The van der Waals surface area contributed by atoms with E-state index in [4.69, 9.17) is 5.73 Å². The van der Waals surface area contributed by atoms with E-state index >= 15 is 0 Å². The van der Waals surface area contributed by atoms with Gasteiger partial charge in [0.2, 0.25) is 0 Å². The number of benzene rings is 1. The zero-order chi connectivity index (χ0) is 11.4. The standard InChI is InChI=1S/C12H17BrN2/c1-4-7-15(3)12-6-5-10(9(2)14)8-11(12)13/h4-6,8-9H,1,7,14H2,2-3H3/t9-/m1/s1. The van der Waals surface area contributed by atoms with Crippen LogP contribution in [0.3, 0.4) is 0 Å². The third kappa shape index (κ3) is 3.08. The Morgan fingerprint density at radius 2 is 2.27 bits per heavy atom. The lowest BCUT2D eigenvalue weighted by Gasteiger charge is -2.20. The van der Waals surface area contributed by atoms with Crippen LogP contribution in [0.1, 0.15) is 18.5 Å². The average Bonchev–Trinajstić information content (AvgIpc) is 2.17. The molecule has 0 aromatic heterocycles. The average molecular weight is 269 g/mol.